The molecule has 0 aromatic rings. The highest BCUT2D eigenvalue weighted by molar-refractivity contribution is 5.83. The van der Waals surface area contributed by atoms with Gasteiger partial charge in [0.15, 0.2) is 5.67 Å². The summed E-state index contributed by atoms with van der Waals surface area (Å²) in [6.45, 7) is 2.06. The fourth-order valence-corrected chi connectivity index (χ4v) is 1.76. The van der Waals surface area contributed by atoms with Crippen LogP contribution in [0.4, 0.5) is 4.39 Å². The number of carbonyl (C=O) groups excluding carboxylic acids is 1. The van der Waals surface area contributed by atoms with Gasteiger partial charge in [-0.25, -0.2) is 4.39 Å². The molecule has 0 spiro atoms. The summed E-state index contributed by atoms with van der Waals surface area (Å²) in [5, 5.41) is 0. The molecule has 1 unspecified atom stereocenters. The second kappa shape index (κ2) is 4.76. The van der Waals surface area contributed by atoms with Gasteiger partial charge in [0.1, 0.15) is 0 Å². The first-order chi connectivity index (χ1) is 6.58. The molecule has 1 aliphatic rings. The van der Waals surface area contributed by atoms with Crippen LogP contribution >= 0.6 is 0 Å². The molecule has 0 radical (unpaired) electrons. The van der Waals surface area contributed by atoms with E-state index in [1.54, 1.807) is 0 Å². The van der Waals surface area contributed by atoms with Gasteiger partial charge in [-0.2, -0.15) is 0 Å². The van der Waals surface area contributed by atoms with Crippen LogP contribution in [0.5, 0.6) is 0 Å². The van der Waals surface area contributed by atoms with Gasteiger partial charge in [-0.3, -0.25) is 4.79 Å². The quantitative estimate of drug-likeness (QED) is 0.632. The zero-order chi connectivity index (χ0) is 10.6. The number of rotatable bonds is 7. The molecule has 0 heterocycles. The number of primary amides is 1. The van der Waals surface area contributed by atoms with Crippen molar-refractivity contribution in [1.82, 2.24) is 0 Å². The second-order valence-electron chi connectivity index (χ2n) is 4.43. The molecule has 2 N–H and O–H groups in total. The van der Waals surface area contributed by atoms with Crippen LogP contribution in [0.2, 0.25) is 0 Å². The standard InChI is InChI=1S/C11H20FNO/c1-2-3-4-7-11(12,10(13)14)8-9-5-6-9/h9H,2-8H2,1H3,(H2,13,14). The summed E-state index contributed by atoms with van der Waals surface area (Å²) in [6, 6.07) is 0. The molecule has 3 heteroatoms. The number of hydrogen-bond acceptors (Lipinski definition) is 1. The lowest BCUT2D eigenvalue weighted by atomic mass is 9.91. The number of alkyl halides is 1. The fourth-order valence-electron chi connectivity index (χ4n) is 1.76. The van der Waals surface area contributed by atoms with E-state index in [1.165, 1.54) is 0 Å². The molecule has 1 atom stereocenters. The predicted molar refractivity (Wildman–Crippen MR) is 54.5 cm³/mol. The number of unbranched alkanes of at least 4 members (excludes halogenated alkanes) is 2. The van der Waals surface area contributed by atoms with Crippen molar-refractivity contribution < 1.29 is 9.18 Å². The summed E-state index contributed by atoms with van der Waals surface area (Å²) in [4.78, 5) is 11.0. The zero-order valence-electron chi connectivity index (χ0n) is 8.89. The van der Waals surface area contributed by atoms with Gasteiger partial charge in [-0.1, -0.05) is 32.6 Å². The van der Waals surface area contributed by atoms with E-state index in [-0.39, 0.29) is 0 Å². The van der Waals surface area contributed by atoms with E-state index in [9.17, 15) is 9.18 Å². The Morgan fingerprint density at radius 1 is 1.50 bits per heavy atom. The van der Waals surface area contributed by atoms with Crippen LogP contribution in [0, 0.1) is 5.92 Å². The van der Waals surface area contributed by atoms with Crippen LogP contribution in [-0.4, -0.2) is 11.6 Å². The molecule has 2 nitrogen and oxygen atoms in total. The smallest absolute Gasteiger partial charge is 0.255 e. The number of hydrogen-bond donors (Lipinski definition) is 1. The Morgan fingerprint density at radius 3 is 2.57 bits per heavy atom. The first-order valence-electron chi connectivity index (χ1n) is 5.57. The Hall–Kier alpha value is -0.600. The molecular formula is C11H20FNO. The lowest BCUT2D eigenvalue weighted by Gasteiger charge is -2.21. The highest BCUT2D eigenvalue weighted by Gasteiger charge is 2.41. The number of carbonyl (C=O) groups is 1. The van der Waals surface area contributed by atoms with Crippen molar-refractivity contribution in [3.8, 4) is 0 Å². The Balaban J connectivity index is 2.38. The summed E-state index contributed by atoms with van der Waals surface area (Å²) in [7, 11) is 0. The van der Waals surface area contributed by atoms with Crippen LogP contribution in [0.3, 0.4) is 0 Å². The van der Waals surface area contributed by atoms with Crippen molar-refractivity contribution in [2.75, 3.05) is 0 Å². The molecule has 1 amide bonds. The molecule has 0 bridgehead atoms. The molecule has 1 saturated carbocycles. The average Bonchev–Trinajstić information content (AvgIpc) is 2.88. The van der Waals surface area contributed by atoms with Crippen LogP contribution in [0.15, 0.2) is 0 Å². The lowest BCUT2D eigenvalue weighted by Crippen LogP contribution is -2.40. The van der Waals surface area contributed by atoms with Crippen LogP contribution in [0.1, 0.15) is 51.9 Å². The number of amides is 1. The van der Waals surface area contributed by atoms with Crippen LogP contribution in [0.25, 0.3) is 0 Å². The molecule has 14 heavy (non-hydrogen) atoms. The van der Waals surface area contributed by atoms with E-state index in [0.717, 1.165) is 32.1 Å². The van der Waals surface area contributed by atoms with Crippen molar-refractivity contribution in [2.24, 2.45) is 11.7 Å². The molecule has 0 aromatic carbocycles. The Morgan fingerprint density at radius 2 is 2.14 bits per heavy atom. The molecule has 1 rings (SSSR count). The molecule has 0 aromatic heterocycles. The predicted octanol–water partition coefficient (Wildman–Crippen LogP) is 2.56. The van der Waals surface area contributed by atoms with E-state index in [4.69, 9.17) is 5.73 Å². The van der Waals surface area contributed by atoms with E-state index in [1.807, 2.05) is 0 Å². The summed E-state index contributed by atoms with van der Waals surface area (Å²) < 4.78 is 14.1. The van der Waals surface area contributed by atoms with E-state index >= 15 is 0 Å². The summed E-state index contributed by atoms with van der Waals surface area (Å²) in [5.74, 6) is -0.352. The van der Waals surface area contributed by atoms with Gasteiger partial charge in [0.05, 0.1) is 0 Å². The normalized spacial score (nSPS) is 20.4. The minimum atomic E-state index is -1.73. The van der Waals surface area contributed by atoms with E-state index in [2.05, 4.69) is 6.92 Å². The molecule has 0 saturated heterocycles. The SMILES string of the molecule is CCCCCC(F)(CC1CC1)C(N)=O. The Kier molecular flexibility index (Phi) is 3.90. The topological polar surface area (TPSA) is 43.1 Å². The summed E-state index contributed by atoms with van der Waals surface area (Å²) in [6.07, 6.45) is 5.57. The molecule has 1 fully saturated rings. The molecule has 1 aliphatic carbocycles. The first kappa shape index (κ1) is 11.5. The maximum atomic E-state index is 14.1. The number of halogens is 1. The summed E-state index contributed by atoms with van der Waals surface area (Å²) in [5.41, 5.74) is 3.39. The monoisotopic (exact) mass is 201 g/mol. The minimum Gasteiger partial charge on any atom is -0.367 e. The first-order valence-corrected chi connectivity index (χ1v) is 5.57. The van der Waals surface area contributed by atoms with Crippen LogP contribution in [-0.2, 0) is 4.79 Å². The van der Waals surface area contributed by atoms with Crippen molar-refractivity contribution in [3.05, 3.63) is 0 Å². The zero-order valence-corrected chi connectivity index (χ0v) is 8.89. The van der Waals surface area contributed by atoms with Crippen LogP contribution < -0.4 is 5.73 Å². The Bertz CT molecular complexity index is 203. The molecule has 0 aliphatic heterocycles. The Labute approximate surface area is 85.0 Å². The fraction of sp³-hybridized carbons (Fsp3) is 0.909. The third-order valence-corrected chi connectivity index (χ3v) is 2.93. The molecule has 82 valence electrons. The van der Waals surface area contributed by atoms with Gasteiger partial charge >= 0.3 is 0 Å². The van der Waals surface area contributed by atoms with Crippen molar-refractivity contribution in [2.45, 2.75) is 57.5 Å². The maximum absolute atomic E-state index is 14.1. The van der Waals surface area contributed by atoms with Gasteiger partial charge in [0.2, 0.25) is 0 Å². The van der Waals surface area contributed by atoms with Crippen molar-refractivity contribution in [3.63, 3.8) is 0 Å². The van der Waals surface area contributed by atoms with Gasteiger partial charge in [-0.05, 0) is 25.2 Å². The highest BCUT2D eigenvalue weighted by Crippen LogP contribution is 2.40. The van der Waals surface area contributed by atoms with Crippen molar-refractivity contribution in [1.29, 1.82) is 0 Å². The van der Waals surface area contributed by atoms with E-state index in [0.29, 0.717) is 18.8 Å². The highest BCUT2D eigenvalue weighted by atomic mass is 19.1. The van der Waals surface area contributed by atoms with Gasteiger partial charge in [0.25, 0.3) is 5.91 Å². The van der Waals surface area contributed by atoms with Gasteiger partial charge in [0, 0.05) is 0 Å². The molecular weight excluding hydrogens is 181 g/mol. The third kappa shape index (κ3) is 3.28. The van der Waals surface area contributed by atoms with Gasteiger partial charge < -0.3 is 5.73 Å². The van der Waals surface area contributed by atoms with Crippen molar-refractivity contribution >= 4 is 5.91 Å². The largest absolute Gasteiger partial charge is 0.367 e. The van der Waals surface area contributed by atoms with Gasteiger partial charge in [-0.15, -0.1) is 0 Å². The average molecular weight is 201 g/mol. The van der Waals surface area contributed by atoms with E-state index < -0.39 is 11.6 Å². The second-order valence-corrected chi connectivity index (χ2v) is 4.43. The minimum absolute atomic E-state index is 0.312. The maximum Gasteiger partial charge on any atom is 0.255 e. The number of nitrogens with two attached hydrogens (primary N) is 1. The third-order valence-electron chi connectivity index (χ3n) is 2.93. The lowest BCUT2D eigenvalue weighted by molar-refractivity contribution is -0.130. The summed E-state index contributed by atoms with van der Waals surface area (Å²) >= 11 is 0.